The van der Waals surface area contributed by atoms with Crippen LogP contribution in [-0.4, -0.2) is 44.3 Å². The lowest BCUT2D eigenvalue weighted by Crippen LogP contribution is -2.40. The van der Waals surface area contributed by atoms with E-state index in [2.05, 4.69) is 43.2 Å². The van der Waals surface area contributed by atoms with Crippen molar-refractivity contribution in [1.82, 2.24) is 10.2 Å². The Morgan fingerprint density at radius 1 is 1.24 bits per heavy atom. The van der Waals surface area contributed by atoms with Gasteiger partial charge >= 0.3 is 0 Å². The molecule has 25 heavy (non-hydrogen) atoms. The van der Waals surface area contributed by atoms with Gasteiger partial charge in [-0.25, -0.2) is 0 Å². The number of nitrogens with one attached hydrogen (secondary N) is 1. The molecule has 0 saturated heterocycles. The molecule has 6 heteroatoms. The van der Waals surface area contributed by atoms with Gasteiger partial charge in [0.25, 0.3) is 0 Å². The molecule has 1 aromatic rings. The van der Waals surface area contributed by atoms with E-state index >= 15 is 0 Å². The molecule has 0 radical (unpaired) electrons. The zero-order valence-corrected chi connectivity index (χ0v) is 17.8. The molecule has 1 aromatic carbocycles. The Kier molecular flexibility index (Phi) is 7.22. The summed E-state index contributed by atoms with van der Waals surface area (Å²) in [5.74, 6) is 2.73. The number of benzene rings is 1. The number of hydrogen-bond acceptors (Lipinski definition) is 3. The molecule has 1 aliphatic heterocycles. The number of nitrogens with zero attached hydrogens (tertiary/aromatic N) is 2. The maximum Gasteiger partial charge on any atom is 0.231 e. The summed E-state index contributed by atoms with van der Waals surface area (Å²) in [6.07, 6.45) is 4.77. The third kappa shape index (κ3) is 4.71. The zero-order valence-electron chi connectivity index (χ0n) is 15.5. The second kappa shape index (κ2) is 8.96. The second-order valence-corrected chi connectivity index (χ2v) is 6.79. The fourth-order valence-corrected chi connectivity index (χ4v) is 3.11. The summed E-state index contributed by atoms with van der Waals surface area (Å²) in [6, 6.07) is 6.34. The average molecular weight is 459 g/mol. The van der Waals surface area contributed by atoms with Gasteiger partial charge in [0.2, 0.25) is 6.79 Å². The predicted octanol–water partition coefficient (Wildman–Crippen LogP) is 3.76. The Bertz CT molecular complexity index is 602. The molecule has 0 bridgehead atoms. The molecule has 5 nitrogen and oxygen atoms in total. The zero-order chi connectivity index (χ0) is 17.0. The van der Waals surface area contributed by atoms with Crippen molar-refractivity contribution < 1.29 is 9.47 Å². The molecule has 0 amide bonds. The first-order valence-corrected chi connectivity index (χ1v) is 9.08. The molecule has 140 valence electrons. The van der Waals surface area contributed by atoms with Crippen LogP contribution in [0.5, 0.6) is 11.5 Å². The summed E-state index contributed by atoms with van der Waals surface area (Å²) in [7, 11) is 2.12. The van der Waals surface area contributed by atoms with E-state index in [1.54, 1.807) is 0 Å². The number of hydrogen-bond donors (Lipinski definition) is 1. The summed E-state index contributed by atoms with van der Waals surface area (Å²) >= 11 is 0. The number of halogens is 1. The largest absolute Gasteiger partial charge is 0.454 e. The minimum Gasteiger partial charge on any atom is -0.454 e. The molecule has 1 aliphatic carbocycles. The molecule has 1 saturated carbocycles. The molecule has 1 N–H and O–H groups in total. The molecule has 0 spiro atoms. The van der Waals surface area contributed by atoms with Gasteiger partial charge in [-0.1, -0.05) is 19.4 Å². The molecule has 0 aromatic heterocycles. The Labute approximate surface area is 168 Å². The van der Waals surface area contributed by atoms with Crippen LogP contribution in [-0.2, 0) is 5.41 Å². The van der Waals surface area contributed by atoms with E-state index in [4.69, 9.17) is 14.5 Å². The fourth-order valence-electron chi connectivity index (χ4n) is 3.11. The predicted molar refractivity (Wildman–Crippen MR) is 112 cm³/mol. The maximum atomic E-state index is 5.53. The Hall–Kier alpha value is -1.18. The van der Waals surface area contributed by atoms with Gasteiger partial charge in [-0.3, -0.25) is 4.99 Å². The van der Waals surface area contributed by atoms with Crippen molar-refractivity contribution >= 4 is 29.9 Å². The van der Waals surface area contributed by atoms with Gasteiger partial charge in [-0.15, -0.1) is 24.0 Å². The summed E-state index contributed by atoms with van der Waals surface area (Å²) in [5, 5.41) is 3.42. The van der Waals surface area contributed by atoms with Crippen LogP contribution in [0.15, 0.2) is 23.2 Å². The van der Waals surface area contributed by atoms with E-state index in [-0.39, 0.29) is 29.4 Å². The third-order valence-corrected chi connectivity index (χ3v) is 4.91. The molecule has 1 heterocycles. The molecular weight excluding hydrogens is 429 g/mol. The number of guanidine groups is 1. The van der Waals surface area contributed by atoms with E-state index in [0.29, 0.717) is 6.79 Å². The highest BCUT2D eigenvalue weighted by Gasteiger charge is 2.44. The van der Waals surface area contributed by atoms with E-state index in [9.17, 15) is 0 Å². The van der Waals surface area contributed by atoms with Crippen LogP contribution >= 0.6 is 24.0 Å². The molecule has 2 aliphatic rings. The SMILES string of the molecule is CCCCN(C)C(=NCC1(c2ccc3c(c2)OCO3)CC1)NCC.I. The Morgan fingerprint density at radius 3 is 2.68 bits per heavy atom. The van der Waals surface area contributed by atoms with Gasteiger partial charge in [-0.05, 0) is 43.9 Å². The molecule has 0 atom stereocenters. The highest BCUT2D eigenvalue weighted by molar-refractivity contribution is 14.0. The summed E-state index contributed by atoms with van der Waals surface area (Å²) in [4.78, 5) is 7.17. The van der Waals surface area contributed by atoms with Gasteiger partial charge < -0.3 is 19.7 Å². The van der Waals surface area contributed by atoms with Crippen molar-refractivity contribution in [3.8, 4) is 11.5 Å². The van der Waals surface area contributed by atoms with Gasteiger partial charge in [0.15, 0.2) is 17.5 Å². The van der Waals surface area contributed by atoms with Gasteiger partial charge in [-0.2, -0.15) is 0 Å². The van der Waals surface area contributed by atoms with Gasteiger partial charge in [0.05, 0.1) is 6.54 Å². The van der Waals surface area contributed by atoms with Crippen molar-refractivity contribution in [2.24, 2.45) is 4.99 Å². The van der Waals surface area contributed by atoms with Crippen LogP contribution < -0.4 is 14.8 Å². The first kappa shape index (κ1) is 20.1. The number of aliphatic imine (C=N–C) groups is 1. The Balaban J connectivity index is 0.00000225. The Morgan fingerprint density at radius 2 is 2.00 bits per heavy atom. The monoisotopic (exact) mass is 459 g/mol. The van der Waals surface area contributed by atoms with E-state index in [0.717, 1.165) is 37.1 Å². The van der Waals surface area contributed by atoms with Crippen LogP contribution in [0.25, 0.3) is 0 Å². The summed E-state index contributed by atoms with van der Waals surface area (Å²) in [5.41, 5.74) is 1.50. The minimum atomic E-state index is 0. The maximum absolute atomic E-state index is 5.53. The highest BCUT2D eigenvalue weighted by atomic mass is 127. The minimum absolute atomic E-state index is 0. The lowest BCUT2D eigenvalue weighted by atomic mass is 9.96. The second-order valence-electron chi connectivity index (χ2n) is 6.79. The lowest BCUT2D eigenvalue weighted by Gasteiger charge is -2.23. The topological polar surface area (TPSA) is 46.1 Å². The van der Waals surface area contributed by atoms with Crippen LogP contribution in [0.3, 0.4) is 0 Å². The summed E-state index contributed by atoms with van der Waals surface area (Å²) in [6.45, 7) is 7.43. The molecule has 0 unspecified atom stereocenters. The first-order chi connectivity index (χ1) is 11.7. The first-order valence-electron chi connectivity index (χ1n) is 9.08. The summed E-state index contributed by atoms with van der Waals surface area (Å²) < 4.78 is 10.9. The van der Waals surface area contributed by atoms with Crippen molar-refractivity contribution in [2.45, 2.75) is 44.9 Å². The number of ether oxygens (including phenoxy) is 2. The van der Waals surface area contributed by atoms with Crippen LogP contribution in [0.2, 0.25) is 0 Å². The molecule has 3 rings (SSSR count). The van der Waals surface area contributed by atoms with Crippen molar-refractivity contribution in [3.05, 3.63) is 23.8 Å². The van der Waals surface area contributed by atoms with Gasteiger partial charge in [0, 0.05) is 25.6 Å². The van der Waals surface area contributed by atoms with Crippen molar-refractivity contribution in [3.63, 3.8) is 0 Å². The van der Waals surface area contributed by atoms with Crippen LogP contribution in [0, 0.1) is 0 Å². The quantitative estimate of drug-likeness (QED) is 0.383. The van der Waals surface area contributed by atoms with E-state index in [1.165, 1.54) is 31.2 Å². The lowest BCUT2D eigenvalue weighted by molar-refractivity contribution is 0.174. The van der Waals surface area contributed by atoms with Crippen molar-refractivity contribution in [2.75, 3.05) is 33.5 Å². The normalized spacial score (nSPS) is 17.0. The van der Waals surface area contributed by atoms with Crippen LogP contribution in [0.4, 0.5) is 0 Å². The van der Waals surface area contributed by atoms with Crippen LogP contribution in [0.1, 0.15) is 45.1 Å². The smallest absolute Gasteiger partial charge is 0.231 e. The number of fused-ring (bicyclic) bond motifs is 1. The van der Waals surface area contributed by atoms with Gasteiger partial charge in [0.1, 0.15) is 0 Å². The average Bonchev–Trinajstić information content (AvgIpc) is 3.24. The fraction of sp³-hybridized carbons (Fsp3) is 0.632. The van der Waals surface area contributed by atoms with E-state index < -0.39 is 0 Å². The third-order valence-electron chi connectivity index (χ3n) is 4.91. The molecular formula is C19H30IN3O2. The highest BCUT2D eigenvalue weighted by Crippen LogP contribution is 2.50. The van der Waals surface area contributed by atoms with Crippen molar-refractivity contribution in [1.29, 1.82) is 0 Å². The standard InChI is InChI=1S/C19H29N3O2.HI/c1-4-6-11-22(3)18(20-5-2)21-13-19(9-10-19)15-7-8-16-17(12-15)24-14-23-16;/h7-8,12H,4-6,9-11,13-14H2,1-3H3,(H,20,21);1H. The van der Waals surface area contributed by atoms with E-state index in [1.807, 2.05) is 6.07 Å². The number of rotatable bonds is 7. The molecule has 1 fully saturated rings. The number of unbranched alkanes of at least 4 members (excludes halogenated alkanes) is 1.